The van der Waals surface area contributed by atoms with Gasteiger partial charge in [-0.3, -0.25) is 0 Å². The van der Waals surface area contributed by atoms with Crippen LogP contribution in [-0.2, 0) is 0 Å². The molecule has 11 rings (SSSR count). The fourth-order valence-corrected chi connectivity index (χ4v) is 11.3. The van der Waals surface area contributed by atoms with Crippen LogP contribution in [0.2, 0.25) is 0 Å². The lowest BCUT2D eigenvalue weighted by Crippen LogP contribution is -2.13. The number of nitrogens with one attached hydrogen (secondary N) is 2. The maximum absolute atomic E-state index is 5.09. The average Bonchev–Trinajstić information content (AvgIpc) is 3.97. The molecule has 2 aromatic heterocycles. The number of aromatic nitrogens is 1. The number of allylic oxidation sites excluding steroid dienone is 6. The highest BCUT2D eigenvalue weighted by Crippen LogP contribution is 2.53. The number of thiophene rings is 1. The van der Waals surface area contributed by atoms with Crippen LogP contribution in [0.3, 0.4) is 0 Å². The quantitative estimate of drug-likeness (QED) is 0.0771. The van der Waals surface area contributed by atoms with E-state index < -0.39 is 0 Å². The summed E-state index contributed by atoms with van der Waals surface area (Å²) in [5.74, 6) is 0. The summed E-state index contributed by atoms with van der Waals surface area (Å²) in [7, 11) is 0. The van der Waals surface area contributed by atoms with Crippen LogP contribution in [-0.4, -0.2) is 10.7 Å². The van der Waals surface area contributed by atoms with Crippen molar-refractivity contribution in [3.63, 3.8) is 0 Å². The summed E-state index contributed by atoms with van der Waals surface area (Å²) in [6.07, 6.45) is 12.2. The van der Waals surface area contributed by atoms with Gasteiger partial charge in [-0.25, -0.2) is 4.99 Å². The van der Waals surface area contributed by atoms with Gasteiger partial charge in [0.25, 0.3) is 0 Å². The van der Waals surface area contributed by atoms with E-state index >= 15 is 0 Å². The number of benzene rings is 8. The first-order valence-electron chi connectivity index (χ1n) is 23.7. The number of para-hydroxylation sites is 3. The minimum Gasteiger partial charge on any atom is -0.355 e. The molecule has 0 amide bonds. The molecule has 71 heavy (non-hydrogen) atoms. The summed E-state index contributed by atoms with van der Waals surface area (Å²) in [6.45, 7) is 12.1. The number of rotatable bonds is 11. The van der Waals surface area contributed by atoms with Gasteiger partial charge in [-0.1, -0.05) is 170 Å². The van der Waals surface area contributed by atoms with Crippen LogP contribution < -0.4 is 10.2 Å². The molecule has 0 aliphatic carbocycles. The molecule has 0 unspecified atom stereocenters. The maximum Gasteiger partial charge on any atom is 0.0894 e. The first-order chi connectivity index (χ1) is 35.0. The SMILES string of the molecule is C=C1C=C(c2cccc(C(/C=C\C=C/C)=Nc3ccccc3)c2)Sc2sc(-c3ccc4[nH]c5ccccc5c4c3)cc2N1c1ccc(-c2ccc(Nc3ccccc3)c(-c3ccccc3)c2)cc1.C=CC. The molecule has 10 aromatic rings. The molecule has 3 heterocycles. The van der Waals surface area contributed by atoms with E-state index in [0.717, 1.165) is 89.2 Å². The second kappa shape index (κ2) is 21.5. The minimum absolute atomic E-state index is 0.884. The smallest absolute Gasteiger partial charge is 0.0894 e. The van der Waals surface area contributed by atoms with Gasteiger partial charge in [0.1, 0.15) is 0 Å². The predicted molar refractivity (Wildman–Crippen MR) is 310 cm³/mol. The van der Waals surface area contributed by atoms with Gasteiger partial charge in [-0.2, -0.15) is 0 Å². The Morgan fingerprint density at radius 2 is 1.28 bits per heavy atom. The number of fused-ring (bicyclic) bond motifs is 4. The van der Waals surface area contributed by atoms with Gasteiger partial charge in [0.2, 0.25) is 0 Å². The molecule has 0 saturated carbocycles. The van der Waals surface area contributed by atoms with Gasteiger partial charge in [0.05, 0.1) is 21.3 Å². The van der Waals surface area contributed by atoms with Crippen molar-refractivity contribution in [3.05, 3.63) is 273 Å². The van der Waals surface area contributed by atoms with E-state index in [-0.39, 0.29) is 0 Å². The summed E-state index contributed by atoms with van der Waals surface area (Å²) in [5.41, 5.74) is 17.1. The van der Waals surface area contributed by atoms with Crippen molar-refractivity contribution in [2.24, 2.45) is 4.99 Å². The highest BCUT2D eigenvalue weighted by molar-refractivity contribution is 8.10. The molecule has 1 aliphatic rings. The Kier molecular flexibility index (Phi) is 14.0. The third-order valence-electron chi connectivity index (χ3n) is 12.1. The van der Waals surface area contributed by atoms with Crippen molar-refractivity contribution in [3.8, 4) is 32.7 Å². The van der Waals surface area contributed by atoms with Crippen molar-refractivity contribution < 1.29 is 0 Å². The van der Waals surface area contributed by atoms with Crippen LogP contribution in [0.15, 0.2) is 271 Å². The van der Waals surface area contributed by atoms with Crippen molar-refractivity contribution in [1.29, 1.82) is 0 Å². The molecule has 0 radical (unpaired) electrons. The average molecular weight is 953 g/mol. The highest BCUT2D eigenvalue weighted by atomic mass is 32.2. The van der Waals surface area contributed by atoms with E-state index in [0.29, 0.717) is 0 Å². The molecule has 8 aromatic carbocycles. The van der Waals surface area contributed by atoms with Gasteiger partial charge in [0, 0.05) is 65.5 Å². The number of thioether (sulfide) groups is 1. The van der Waals surface area contributed by atoms with Crippen LogP contribution in [0.4, 0.5) is 28.4 Å². The molecule has 6 heteroatoms. The van der Waals surface area contributed by atoms with Crippen molar-refractivity contribution >= 4 is 84.0 Å². The van der Waals surface area contributed by atoms with Gasteiger partial charge >= 0.3 is 0 Å². The van der Waals surface area contributed by atoms with Crippen molar-refractivity contribution in [1.82, 2.24) is 4.98 Å². The maximum atomic E-state index is 5.09. The van der Waals surface area contributed by atoms with E-state index in [1.807, 2.05) is 79.8 Å². The van der Waals surface area contributed by atoms with Gasteiger partial charge in [0.15, 0.2) is 0 Å². The zero-order chi connectivity index (χ0) is 48.5. The minimum atomic E-state index is 0.884. The highest BCUT2D eigenvalue weighted by Gasteiger charge is 2.26. The molecule has 344 valence electrons. The van der Waals surface area contributed by atoms with Crippen molar-refractivity contribution in [2.75, 3.05) is 10.2 Å². The number of nitrogens with zero attached hydrogens (tertiary/aromatic N) is 2. The number of hydrogen-bond acceptors (Lipinski definition) is 5. The van der Waals surface area contributed by atoms with Crippen LogP contribution >= 0.6 is 23.1 Å². The van der Waals surface area contributed by atoms with Crippen LogP contribution in [0.1, 0.15) is 25.0 Å². The van der Waals surface area contributed by atoms with Crippen LogP contribution in [0.5, 0.6) is 0 Å². The molecule has 0 atom stereocenters. The fraction of sp³-hybridized carbons (Fsp3) is 0.0308. The summed E-state index contributed by atoms with van der Waals surface area (Å²) in [4.78, 5) is 13.3. The second-order valence-electron chi connectivity index (χ2n) is 17.0. The normalized spacial score (nSPS) is 12.7. The number of anilines is 4. The number of H-pyrrole nitrogens is 1. The molecule has 0 fully saturated rings. The van der Waals surface area contributed by atoms with E-state index in [4.69, 9.17) is 11.6 Å². The zero-order valence-corrected chi connectivity index (χ0v) is 41.4. The number of hydrogen-bond donors (Lipinski definition) is 2. The van der Waals surface area contributed by atoms with Gasteiger partial charge in [-0.15, -0.1) is 17.9 Å². The first-order valence-corrected chi connectivity index (χ1v) is 25.4. The fourth-order valence-electron chi connectivity index (χ4n) is 8.78. The summed E-state index contributed by atoms with van der Waals surface area (Å²) < 4.78 is 1.19. The molecule has 1 aliphatic heterocycles. The van der Waals surface area contributed by atoms with Gasteiger partial charge < -0.3 is 15.2 Å². The largest absolute Gasteiger partial charge is 0.355 e. The van der Waals surface area contributed by atoms with E-state index in [1.54, 1.807) is 17.8 Å². The third-order valence-corrected chi connectivity index (χ3v) is 14.6. The van der Waals surface area contributed by atoms with Crippen LogP contribution in [0.25, 0.3) is 59.4 Å². The monoisotopic (exact) mass is 952 g/mol. The van der Waals surface area contributed by atoms with Crippen molar-refractivity contribution in [2.45, 2.75) is 18.1 Å². The Balaban J connectivity index is 0.00000189. The molecule has 0 spiro atoms. The van der Waals surface area contributed by atoms with Gasteiger partial charge in [-0.05, 0) is 133 Å². The Morgan fingerprint density at radius 3 is 2.06 bits per heavy atom. The molecule has 0 saturated heterocycles. The summed E-state index contributed by atoms with van der Waals surface area (Å²) in [5, 5.41) is 6.11. The number of aliphatic imine (C=N–C) groups is 1. The first kappa shape index (κ1) is 46.3. The topological polar surface area (TPSA) is 43.4 Å². The van der Waals surface area contributed by atoms with E-state index in [9.17, 15) is 0 Å². The lowest BCUT2D eigenvalue weighted by Gasteiger charge is -2.24. The molecular weight excluding hydrogens is 901 g/mol. The second-order valence-corrected chi connectivity index (χ2v) is 19.4. The Bertz CT molecular complexity index is 3630. The summed E-state index contributed by atoms with van der Waals surface area (Å²) in [6, 6.07) is 73.1. The number of aromatic amines is 1. The summed E-state index contributed by atoms with van der Waals surface area (Å²) >= 11 is 3.62. The molecule has 4 nitrogen and oxygen atoms in total. The standard InChI is InChI=1S/C62H46N4S2.C3H6/c1-3-4-8-27-55(63-49-22-11-6-12-23-49)46-20-17-21-47(38-46)60-37-42(2)66(59-41-61(68-62(59)67-60)48-32-36-58-54(40-48)52-26-15-16-28-56(52)65-58)51-33-29-43(30-34-51)45-31-35-57(64-50-24-13-7-14-25-50)53(39-45)44-18-9-5-10-19-44;1-3-2/h3-41,64-65H,2H2,1H3;3H,1H2,2H3/b4-3-,27-8-,63-55?;. The van der Waals surface area contributed by atoms with E-state index in [1.165, 1.54) is 25.4 Å². The lowest BCUT2D eigenvalue weighted by atomic mass is 9.97. The third kappa shape index (κ3) is 10.3. The Hall–Kier alpha value is -8.42. The molecule has 0 bridgehead atoms. The Morgan fingerprint density at radius 1 is 0.606 bits per heavy atom. The Labute approximate surface area is 425 Å². The molecular formula is C65H52N4S2. The predicted octanol–water partition coefficient (Wildman–Crippen LogP) is 19.4. The zero-order valence-electron chi connectivity index (χ0n) is 39.7. The van der Waals surface area contributed by atoms with Crippen LogP contribution in [0, 0.1) is 0 Å². The lowest BCUT2D eigenvalue weighted by molar-refractivity contribution is 1.21. The van der Waals surface area contributed by atoms with E-state index in [2.05, 4.69) is 204 Å². The molecule has 2 N–H and O–H groups in total.